The topological polar surface area (TPSA) is 105 Å². The van der Waals surface area contributed by atoms with E-state index in [2.05, 4.69) is 10.3 Å². The molecule has 27 heavy (non-hydrogen) atoms. The van der Waals surface area contributed by atoms with Crippen LogP contribution in [-0.4, -0.2) is 22.4 Å². The number of hydrogen-bond donors (Lipinski definition) is 2. The number of nitro benzene ring substituents is 1. The molecule has 0 saturated heterocycles. The predicted octanol–water partition coefficient (Wildman–Crippen LogP) is 3.37. The second-order valence-electron chi connectivity index (χ2n) is 6.14. The van der Waals surface area contributed by atoms with Gasteiger partial charge in [0.15, 0.2) is 0 Å². The van der Waals surface area contributed by atoms with Crippen molar-refractivity contribution in [1.29, 1.82) is 0 Å². The van der Waals surface area contributed by atoms with E-state index < -0.39 is 10.8 Å². The van der Waals surface area contributed by atoms with Gasteiger partial charge in [0, 0.05) is 29.3 Å². The summed E-state index contributed by atoms with van der Waals surface area (Å²) in [6.45, 7) is 2.16. The minimum atomic E-state index is -0.643. The molecule has 1 heterocycles. The summed E-state index contributed by atoms with van der Waals surface area (Å²) in [5.41, 5.74) is 1.97. The number of benzene rings is 2. The Morgan fingerprint density at radius 2 is 2.00 bits per heavy atom. The number of aryl methyl sites for hydroxylation is 1. The van der Waals surface area contributed by atoms with E-state index in [0.29, 0.717) is 12.0 Å². The molecule has 0 spiro atoms. The zero-order chi connectivity index (χ0) is 19.6. The van der Waals surface area contributed by atoms with Gasteiger partial charge >= 0.3 is 0 Å². The summed E-state index contributed by atoms with van der Waals surface area (Å²) in [6.07, 6.45) is 0.334. The summed E-state index contributed by atoms with van der Waals surface area (Å²) in [7, 11) is 0. The number of H-pyrrole nitrogens is 1. The molecule has 0 aliphatic heterocycles. The van der Waals surface area contributed by atoms with Gasteiger partial charge < -0.3 is 10.3 Å². The first-order chi connectivity index (χ1) is 12.8. The highest BCUT2D eigenvalue weighted by molar-refractivity contribution is 6.32. The van der Waals surface area contributed by atoms with Crippen LogP contribution in [0.25, 0.3) is 10.9 Å². The van der Waals surface area contributed by atoms with Crippen molar-refractivity contribution in [1.82, 2.24) is 10.3 Å². The molecule has 0 unspecified atom stereocenters. The molecule has 0 bridgehead atoms. The van der Waals surface area contributed by atoms with Crippen LogP contribution in [0.15, 0.2) is 47.3 Å². The van der Waals surface area contributed by atoms with Crippen LogP contribution in [0.1, 0.15) is 21.5 Å². The Balaban J connectivity index is 1.70. The van der Waals surface area contributed by atoms with Crippen LogP contribution in [-0.2, 0) is 6.42 Å². The van der Waals surface area contributed by atoms with E-state index >= 15 is 0 Å². The first-order valence-electron chi connectivity index (χ1n) is 8.20. The highest BCUT2D eigenvalue weighted by Crippen LogP contribution is 2.25. The number of carbonyl (C=O) groups is 1. The zero-order valence-corrected chi connectivity index (χ0v) is 15.2. The van der Waals surface area contributed by atoms with Gasteiger partial charge in [0.05, 0.1) is 4.92 Å². The van der Waals surface area contributed by atoms with Gasteiger partial charge in [-0.15, -0.1) is 0 Å². The van der Waals surface area contributed by atoms with E-state index in [1.54, 1.807) is 6.07 Å². The number of rotatable bonds is 5. The normalized spacial score (nSPS) is 10.7. The van der Waals surface area contributed by atoms with Crippen molar-refractivity contribution in [3.63, 3.8) is 0 Å². The van der Waals surface area contributed by atoms with Crippen LogP contribution >= 0.6 is 11.6 Å². The van der Waals surface area contributed by atoms with Crippen molar-refractivity contribution in [3.8, 4) is 0 Å². The molecule has 138 valence electrons. The third kappa shape index (κ3) is 4.15. The molecule has 3 rings (SSSR count). The number of halogens is 1. The Morgan fingerprint density at radius 1 is 1.22 bits per heavy atom. The first-order valence-corrected chi connectivity index (χ1v) is 8.57. The Kier molecular flexibility index (Phi) is 5.23. The fraction of sp³-hybridized carbons (Fsp3) is 0.158. The summed E-state index contributed by atoms with van der Waals surface area (Å²) in [5.74, 6) is -0.470. The molecule has 3 aromatic rings. The molecular weight excluding hydrogens is 370 g/mol. The number of nitro groups is 1. The molecule has 0 radical (unpaired) electrons. The molecule has 2 N–H and O–H groups in total. The third-order valence-electron chi connectivity index (χ3n) is 4.16. The van der Waals surface area contributed by atoms with E-state index in [0.717, 1.165) is 22.5 Å². The molecule has 0 atom stereocenters. The molecule has 2 aromatic carbocycles. The Morgan fingerprint density at radius 3 is 2.74 bits per heavy atom. The van der Waals surface area contributed by atoms with Gasteiger partial charge in [-0.05, 0) is 48.6 Å². The second-order valence-corrected chi connectivity index (χ2v) is 6.55. The molecule has 0 fully saturated rings. The van der Waals surface area contributed by atoms with E-state index in [1.165, 1.54) is 12.1 Å². The fourth-order valence-electron chi connectivity index (χ4n) is 2.75. The summed E-state index contributed by atoms with van der Waals surface area (Å²) < 4.78 is 0. The van der Waals surface area contributed by atoms with Crippen molar-refractivity contribution in [2.24, 2.45) is 0 Å². The van der Waals surface area contributed by atoms with Crippen molar-refractivity contribution in [2.75, 3.05) is 6.54 Å². The lowest BCUT2D eigenvalue weighted by atomic mass is 10.1. The first kappa shape index (κ1) is 18.6. The van der Waals surface area contributed by atoms with Crippen molar-refractivity contribution < 1.29 is 9.72 Å². The molecular formula is C19H16ClN3O4. The highest BCUT2D eigenvalue weighted by atomic mass is 35.5. The SMILES string of the molecule is Cc1ccc2cc(CCNC(=O)c3ccc(Cl)c([N+](=O)[O-])c3)c(=O)[nH]c2c1. The molecule has 0 aliphatic rings. The highest BCUT2D eigenvalue weighted by Gasteiger charge is 2.16. The number of aromatic nitrogens is 1. The summed E-state index contributed by atoms with van der Waals surface area (Å²) in [6, 6.07) is 11.4. The number of nitrogens with zero attached hydrogens (tertiary/aromatic N) is 1. The average Bonchev–Trinajstić information content (AvgIpc) is 2.62. The van der Waals surface area contributed by atoms with Crippen LogP contribution in [0.5, 0.6) is 0 Å². The fourth-order valence-corrected chi connectivity index (χ4v) is 2.94. The number of hydrogen-bond acceptors (Lipinski definition) is 4. The monoisotopic (exact) mass is 385 g/mol. The average molecular weight is 386 g/mol. The molecule has 7 nitrogen and oxygen atoms in total. The molecule has 1 aromatic heterocycles. The molecule has 0 saturated carbocycles. The van der Waals surface area contributed by atoms with Gasteiger partial charge in [0.2, 0.25) is 0 Å². The number of fused-ring (bicyclic) bond motifs is 1. The number of nitrogens with one attached hydrogen (secondary N) is 2. The van der Waals surface area contributed by atoms with Gasteiger partial charge in [-0.2, -0.15) is 0 Å². The van der Waals surface area contributed by atoms with Crippen LogP contribution < -0.4 is 10.9 Å². The maximum Gasteiger partial charge on any atom is 0.288 e. The van der Waals surface area contributed by atoms with Crippen LogP contribution in [0.3, 0.4) is 0 Å². The van der Waals surface area contributed by atoms with Gasteiger partial charge in [-0.1, -0.05) is 23.7 Å². The summed E-state index contributed by atoms with van der Waals surface area (Å²) in [5, 5.41) is 14.5. The Bertz CT molecular complexity index is 1110. The maximum atomic E-state index is 12.2. The maximum absolute atomic E-state index is 12.2. The second kappa shape index (κ2) is 7.59. The van der Waals surface area contributed by atoms with Crippen molar-refractivity contribution >= 4 is 34.1 Å². The quantitative estimate of drug-likeness (QED) is 0.518. The van der Waals surface area contributed by atoms with Crippen molar-refractivity contribution in [3.05, 3.63) is 84.6 Å². The number of amides is 1. The lowest BCUT2D eigenvalue weighted by molar-refractivity contribution is -0.384. The van der Waals surface area contributed by atoms with E-state index in [-0.39, 0.29) is 28.4 Å². The summed E-state index contributed by atoms with van der Waals surface area (Å²) >= 11 is 5.74. The van der Waals surface area contributed by atoms with Crippen LogP contribution in [0.2, 0.25) is 5.02 Å². The smallest absolute Gasteiger partial charge is 0.288 e. The number of carbonyl (C=O) groups excluding carboxylic acids is 1. The number of pyridine rings is 1. The van der Waals surface area contributed by atoms with Gasteiger partial charge in [-0.3, -0.25) is 19.7 Å². The summed E-state index contributed by atoms with van der Waals surface area (Å²) in [4.78, 5) is 37.5. The lowest BCUT2D eigenvalue weighted by Gasteiger charge is -2.07. The van der Waals surface area contributed by atoms with Gasteiger partial charge in [-0.25, -0.2) is 0 Å². The largest absolute Gasteiger partial charge is 0.352 e. The molecule has 1 amide bonds. The minimum Gasteiger partial charge on any atom is -0.352 e. The molecule has 0 aliphatic carbocycles. The zero-order valence-electron chi connectivity index (χ0n) is 14.4. The van der Waals surface area contributed by atoms with E-state index in [4.69, 9.17) is 11.6 Å². The predicted molar refractivity (Wildman–Crippen MR) is 103 cm³/mol. The van der Waals surface area contributed by atoms with E-state index in [9.17, 15) is 19.7 Å². The minimum absolute atomic E-state index is 0.0329. The van der Waals surface area contributed by atoms with Crippen LogP contribution in [0, 0.1) is 17.0 Å². The van der Waals surface area contributed by atoms with Gasteiger partial charge in [0.1, 0.15) is 5.02 Å². The molecule has 8 heteroatoms. The standard InChI is InChI=1S/C19H16ClN3O4/c1-11-2-3-12-9-14(19(25)22-16(12)8-11)6-7-21-18(24)13-4-5-15(20)17(10-13)23(26)27/h2-5,8-10H,6-7H2,1H3,(H,21,24)(H,22,25). The Labute approximate surface area is 159 Å². The van der Waals surface area contributed by atoms with Crippen molar-refractivity contribution in [2.45, 2.75) is 13.3 Å². The van der Waals surface area contributed by atoms with Gasteiger partial charge in [0.25, 0.3) is 17.2 Å². The lowest BCUT2D eigenvalue weighted by Crippen LogP contribution is -2.27. The van der Waals surface area contributed by atoms with Crippen LogP contribution in [0.4, 0.5) is 5.69 Å². The van der Waals surface area contributed by atoms with E-state index in [1.807, 2.05) is 25.1 Å². The third-order valence-corrected chi connectivity index (χ3v) is 4.48. The Hall–Kier alpha value is -3.19. The number of aromatic amines is 1.